The minimum absolute atomic E-state index is 0.110. The molecule has 1 N–H and O–H groups in total. The number of hydrogen-bond acceptors (Lipinski definition) is 5. The maximum absolute atomic E-state index is 13.3. The van der Waals surface area contributed by atoms with Crippen LogP contribution in [-0.4, -0.2) is 15.5 Å². The molecule has 2 aromatic heterocycles. The Balaban J connectivity index is 1.87. The van der Waals surface area contributed by atoms with Crippen molar-refractivity contribution < 1.29 is 4.79 Å². The Labute approximate surface area is 188 Å². The molecule has 32 heavy (non-hydrogen) atoms. The second-order valence-corrected chi connectivity index (χ2v) is 7.86. The summed E-state index contributed by atoms with van der Waals surface area (Å²) in [5.41, 5.74) is 1.90. The van der Waals surface area contributed by atoms with E-state index >= 15 is 0 Å². The Hall–Kier alpha value is -4.28. The number of benzene rings is 2. The lowest BCUT2D eigenvalue weighted by Gasteiger charge is -2.06. The number of thiazole rings is 1. The number of amides is 1. The molecular formula is C25H18N4O2S. The quantitative estimate of drug-likeness (QED) is 0.517. The van der Waals surface area contributed by atoms with Gasteiger partial charge in [0, 0.05) is 18.9 Å². The van der Waals surface area contributed by atoms with Gasteiger partial charge in [-0.15, -0.1) is 11.3 Å². The highest BCUT2D eigenvalue weighted by Crippen LogP contribution is 2.05. The largest absolute Gasteiger partial charge is 0.347 e. The van der Waals surface area contributed by atoms with Gasteiger partial charge < -0.3 is 5.32 Å². The van der Waals surface area contributed by atoms with E-state index in [9.17, 15) is 14.9 Å². The Morgan fingerprint density at radius 1 is 1.03 bits per heavy atom. The summed E-state index contributed by atoms with van der Waals surface area (Å²) in [7, 11) is 0. The second-order valence-electron chi connectivity index (χ2n) is 6.83. The first-order chi connectivity index (χ1) is 15.7. The summed E-state index contributed by atoms with van der Waals surface area (Å²) in [6, 6.07) is 24.0. The number of rotatable bonds is 5. The average Bonchev–Trinajstić information content (AvgIpc) is 3.15. The van der Waals surface area contributed by atoms with Gasteiger partial charge in [-0.05, 0) is 41.5 Å². The van der Waals surface area contributed by atoms with Crippen molar-refractivity contribution in [3.63, 3.8) is 0 Å². The summed E-state index contributed by atoms with van der Waals surface area (Å²) in [6.07, 6.45) is 5.01. The zero-order valence-corrected chi connectivity index (χ0v) is 17.8. The molecule has 0 aliphatic rings. The number of nitriles is 1. The molecule has 0 saturated carbocycles. The first-order valence-electron chi connectivity index (χ1n) is 9.83. The summed E-state index contributed by atoms with van der Waals surface area (Å²) >= 11 is 1.11. The maximum atomic E-state index is 13.3. The number of carbonyl (C=O) groups is 1. The van der Waals surface area contributed by atoms with Crippen LogP contribution in [0, 0.1) is 11.3 Å². The molecule has 0 aliphatic carbocycles. The van der Waals surface area contributed by atoms with Gasteiger partial charge in [0.1, 0.15) is 10.7 Å². The number of nitrogens with one attached hydrogen (secondary N) is 1. The van der Waals surface area contributed by atoms with E-state index < -0.39 is 5.91 Å². The lowest BCUT2D eigenvalue weighted by atomic mass is 10.2. The maximum Gasteiger partial charge on any atom is 0.273 e. The monoisotopic (exact) mass is 438 g/mol. The highest BCUT2D eigenvalue weighted by atomic mass is 32.1. The normalized spacial score (nSPS) is 12.2. The van der Waals surface area contributed by atoms with Gasteiger partial charge >= 0.3 is 0 Å². The van der Waals surface area contributed by atoms with E-state index in [2.05, 4.69) is 10.3 Å². The van der Waals surface area contributed by atoms with Crippen LogP contribution in [0.3, 0.4) is 0 Å². The van der Waals surface area contributed by atoms with E-state index in [4.69, 9.17) is 0 Å². The van der Waals surface area contributed by atoms with Crippen molar-refractivity contribution in [1.82, 2.24) is 14.9 Å². The zero-order valence-electron chi connectivity index (χ0n) is 16.9. The van der Waals surface area contributed by atoms with Gasteiger partial charge in [-0.2, -0.15) is 5.26 Å². The topological polar surface area (TPSA) is 87.8 Å². The fourth-order valence-corrected chi connectivity index (χ4v) is 4.24. The molecule has 4 rings (SSSR count). The van der Waals surface area contributed by atoms with E-state index in [1.165, 1.54) is 4.57 Å². The van der Waals surface area contributed by atoms with Gasteiger partial charge in [0.25, 0.3) is 11.5 Å². The molecule has 0 spiro atoms. The van der Waals surface area contributed by atoms with Gasteiger partial charge in [-0.1, -0.05) is 48.5 Å². The van der Waals surface area contributed by atoms with E-state index in [0.717, 1.165) is 22.5 Å². The van der Waals surface area contributed by atoms with Crippen molar-refractivity contribution >= 4 is 28.9 Å². The minimum atomic E-state index is -0.530. The predicted octanol–water partition coefficient (Wildman–Crippen LogP) is 2.11. The summed E-state index contributed by atoms with van der Waals surface area (Å²) in [6.45, 7) is 0.280. The third-order valence-electron chi connectivity index (χ3n) is 4.69. The van der Waals surface area contributed by atoms with Gasteiger partial charge in [0.2, 0.25) is 0 Å². The molecule has 0 aliphatic heterocycles. The van der Waals surface area contributed by atoms with Crippen LogP contribution in [0.15, 0.2) is 90.0 Å². The van der Waals surface area contributed by atoms with E-state index in [-0.39, 0.29) is 22.3 Å². The van der Waals surface area contributed by atoms with Crippen LogP contribution in [0.2, 0.25) is 0 Å². The predicted molar refractivity (Wildman–Crippen MR) is 124 cm³/mol. The lowest BCUT2D eigenvalue weighted by molar-refractivity contribution is -0.115. The van der Waals surface area contributed by atoms with E-state index in [1.54, 1.807) is 54.9 Å². The molecule has 0 bridgehead atoms. The molecule has 4 aromatic rings. The third-order valence-corrected chi connectivity index (χ3v) is 5.78. The number of para-hydroxylation sites is 1. The van der Waals surface area contributed by atoms with Crippen molar-refractivity contribution in [3.05, 3.63) is 116 Å². The van der Waals surface area contributed by atoms with Gasteiger partial charge in [-0.25, -0.2) is 0 Å². The molecular weight excluding hydrogens is 420 g/mol. The number of nitrogens with zero attached hydrogens (tertiary/aromatic N) is 3. The molecule has 1 amide bonds. The molecule has 0 atom stereocenters. The Morgan fingerprint density at radius 2 is 1.69 bits per heavy atom. The van der Waals surface area contributed by atoms with Crippen LogP contribution in [-0.2, 0) is 11.3 Å². The number of pyridine rings is 1. The number of hydrogen-bond donors (Lipinski definition) is 1. The Bertz CT molecular complexity index is 1450. The molecule has 2 aromatic carbocycles. The lowest BCUT2D eigenvalue weighted by Crippen LogP contribution is -2.33. The summed E-state index contributed by atoms with van der Waals surface area (Å²) in [4.78, 5) is 30.2. The van der Waals surface area contributed by atoms with Crippen LogP contribution < -0.4 is 20.1 Å². The summed E-state index contributed by atoms with van der Waals surface area (Å²) < 4.78 is 2.12. The van der Waals surface area contributed by atoms with Crippen LogP contribution >= 0.6 is 11.3 Å². The Kier molecular flexibility index (Phi) is 6.35. The Morgan fingerprint density at radius 3 is 2.34 bits per heavy atom. The van der Waals surface area contributed by atoms with Crippen molar-refractivity contribution in [2.75, 3.05) is 0 Å². The molecule has 6 nitrogen and oxygen atoms in total. The fourth-order valence-electron chi connectivity index (χ4n) is 3.13. The molecule has 2 heterocycles. The van der Waals surface area contributed by atoms with Gasteiger partial charge in [0.05, 0.1) is 10.2 Å². The van der Waals surface area contributed by atoms with Crippen molar-refractivity contribution in [2.24, 2.45) is 0 Å². The smallest absolute Gasteiger partial charge is 0.273 e. The highest BCUT2D eigenvalue weighted by Gasteiger charge is 2.16. The molecule has 0 fully saturated rings. The number of carbonyl (C=O) groups excluding carboxylic acids is 1. The van der Waals surface area contributed by atoms with Crippen molar-refractivity contribution in [2.45, 2.75) is 6.54 Å². The number of aromatic nitrogens is 2. The van der Waals surface area contributed by atoms with Crippen molar-refractivity contribution in [3.8, 4) is 11.8 Å². The van der Waals surface area contributed by atoms with E-state index in [1.807, 2.05) is 42.5 Å². The highest BCUT2D eigenvalue weighted by molar-refractivity contribution is 7.07. The standard InChI is InChI=1S/C25H18N4O2S/c26-16-21(23(30)28-17-19-7-3-1-4-8-19)25-29(20-9-5-2-6-10-20)24(31)22(32-25)15-18-11-13-27-14-12-18/h1-15H,17H2,(H,28,30)/b22-15+,25-21-. The van der Waals surface area contributed by atoms with E-state index in [0.29, 0.717) is 10.2 Å². The third kappa shape index (κ3) is 4.56. The van der Waals surface area contributed by atoms with Crippen LogP contribution in [0.25, 0.3) is 17.3 Å². The fraction of sp³-hybridized carbons (Fsp3) is 0.0400. The first-order valence-corrected chi connectivity index (χ1v) is 10.6. The molecule has 7 heteroatoms. The average molecular weight is 439 g/mol. The molecule has 0 radical (unpaired) electrons. The van der Waals surface area contributed by atoms with Crippen molar-refractivity contribution in [1.29, 1.82) is 5.26 Å². The summed E-state index contributed by atoms with van der Waals surface area (Å²) in [5.74, 6) is -0.530. The zero-order chi connectivity index (χ0) is 22.3. The van der Waals surface area contributed by atoms with Crippen LogP contribution in [0.5, 0.6) is 0 Å². The molecule has 0 saturated heterocycles. The van der Waals surface area contributed by atoms with Gasteiger partial charge in [-0.3, -0.25) is 19.1 Å². The first kappa shape index (κ1) is 21.0. The van der Waals surface area contributed by atoms with Gasteiger partial charge in [0.15, 0.2) is 5.57 Å². The summed E-state index contributed by atoms with van der Waals surface area (Å²) in [5, 5.41) is 12.6. The minimum Gasteiger partial charge on any atom is -0.347 e. The van der Waals surface area contributed by atoms with Crippen LogP contribution in [0.4, 0.5) is 0 Å². The molecule has 0 unspecified atom stereocenters. The SMILES string of the molecule is N#C/C(C(=O)NCc1ccccc1)=c1/s/c(=C/c2ccncc2)c(=O)n1-c1ccccc1. The molecule has 156 valence electrons. The van der Waals surface area contributed by atoms with Crippen LogP contribution in [0.1, 0.15) is 11.1 Å². The second kappa shape index (κ2) is 9.69.